The fraction of sp³-hybridized carbons (Fsp3) is 0.500. The summed E-state index contributed by atoms with van der Waals surface area (Å²) < 4.78 is 17.2. The molecule has 204 valence electrons. The van der Waals surface area contributed by atoms with Gasteiger partial charge in [-0.05, 0) is 48.2 Å². The van der Waals surface area contributed by atoms with E-state index in [2.05, 4.69) is 5.32 Å². The Hall–Kier alpha value is -1.95. The molecule has 2 aromatic carbocycles. The predicted octanol–water partition coefficient (Wildman–Crippen LogP) is 2.11. The van der Waals surface area contributed by atoms with E-state index in [4.69, 9.17) is 30.9 Å². The van der Waals surface area contributed by atoms with Crippen molar-refractivity contribution in [2.75, 3.05) is 19.8 Å². The standard InChI is InChI=1S/C26H32ClNO8.ClH/c1-14(26(32)33)28-12-21-22(29)23(30)24(31)25(36-21)16-4-7-20(27)17(11-16)10-15-2-5-18(6-3-15)35-19-8-9-34-13-19;/h2-7,11,14,19,21-25,28-31H,8-10,12-13H2,1H3,(H,32,33);1H/t14-,19-,21+,22+,23-,24+,25-;/m0./s1. The smallest absolute Gasteiger partial charge is 0.320 e. The molecule has 7 atom stereocenters. The number of benzene rings is 2. The van der Waals surface area contributed by atoms with Gasteiger partial charge in [0, 0.05) is 18.0 Å². The highest BCUT2D eigenvalue weighted by molar-refractivity contribution is 6.31. The van der Waals surface area contributed by atoms with Crippen molar-refractivity contribution in [2.24, 2.45) is 0 Å². The van der Waals surface area contributed by atoms with Gasteiger partial charge >= 0.3 is 5.97 Å². The molecule has 37 heavy (non-hydrogen) atoms. The molecule has 0 unspecified atom stereocenters. The van der Waals surface area contributed by atoms with Crippen molar-refractivity contribution < 1.29 is 39.4 Å². The van der Waals surface area contributed by atoms with E-state index in [1.165, 1.54) is 6.92 Å². The van der Waals surface area contributed by atoms with E-state index in [-0.39, 0.29) is 25.1 Å². The third-order valence-corrected chi connectivity index (χ3v) is 6.98. The number of ether oxygens (including phenoxy) is 3. The number of aliphatic carboxylic acids is 1. The van der Waals surface area contributed by atoms with Crippen molar-refractivity contribution in [1.29, 1.82) is 0 Å². The van der Waals surface area contributed by atoms with E-state index >= 15 is 0 Å². The number of carboxylic acids is 1. The molecule has 2 aliphatic rings. The predicted molar refractivity (Wildman–Crippen MR) is 139 cm³/mol. The van der Waals surface area contributed by atoms with Crippen molar-refractivity contribution in [2.45, 2.75) is 62.4 Å². The maximum atomic E-state index is 11.1. The highest BCUT2D eigenvalue weighted by atomic mass is 35.5. The van der Waals surface area contributed by atoms with E-state index in [0.717, 1.165) is 23.3 Å². The lowest BCUT2D eigenvalue weighted by Crippen LogP contribution is -2.57. The molecule has 2 aromatic rings. The molecule has 0 aliphatic carbocycles. The summed E-state index contributed by atoms with van der Waals surface area (Å²) in [4.78, 5) is 11.1. The Kier molecular flexibility index (Phi) is 10.6. The minimum atomic E-state index is -1.47. The Morgan fingerprint density at radius 2 is 1.86 bits per heavy atom. The zero-order valence-corrected chi connectivity index (χ0v) is 21.9. The van der Waals surface area contributed by atoms with E-state index in [1.54, 1.807) is 12.1 Å². The lowest BCUT2D eigenvalue weighted by molar-refractivity contribution is -0.223. The second kappa shape index (κ2) is 13.2. The van der Waals surface area contributed by atoms with Crippen LogP contribution in [0, 0.1) is 0 Å². The third kappa shape index (κ3) is 7.34. The molecule has 2 fully saturated rings. The molecular formula is C26H33Cl2NO8. The van der Waals surface area contributed by atoms with Crippen LogP contribution in [0.5, 0.6) is 5.75 Å². The molecule has 0 aromatic heterocycles. The van der Waals surface area contributed by atoms with Gasteiger partial charge in [0.2, 0.25) is 0 Å². The first-order valence-electron chi connectivity index (χ1n) is 12.0. The number of rotatable bonds is 9. The van der Waals surface area contributed by atoms with Crippen molar-refractivity contribution in [3.8, 4) is 5.75 Å². The maximum absolute atomic E-state index is 11.1. The summed E-state index contributed by atoms with van der Waals surface area (Å²) in [6.07, 6.45) is -4.61. The summed E-state index contributed by atoms with van der Waals surface area (Å²) in [6.45, 7) is 2.76. The van der Waals surface area contributed by atoms with Crippen molar-refractivity contribution >= 4 is 30.0 Å². The van der Waals surface area contributed by atoms with E-state index in [9.17, 15) is 20.1 Å². The lowest BCUT2D eigenvalue weighted by Gasteiger charge is -2.41. The van der Waals surface area contributed by atoms with Gasteiger partial charge in [-0.3, -0.25) is 4.79 Å². The SMILES string of the molecule is C[C@H](NC[C@H]1O[C@@H](c2ccc(Cl)c(Cc3ccc(O[C@H]4CCOC4)cc3)c2)[C@H](O)[C@@H](O)[C@@H]1O)C(=O)O.Cl. The average Bonchev–Trinajstić information content (AvgIpc) is 3.37. The van der Waals surface area contributed by atoms with Gasteiger partial charge in [-0.25, -0.2) is 0 Å². The fourth-order valence-electron chi connectivity index (χ4n) is 4.39. The van der Waals surface area contributed by atoms with Crippen LogP contribution in [0.4, 0.5) is 0 Å². The molecule has 4 rings (SSSR count). The molecule has 11 heteroatoms. The quantitative estimate of drug-likeness (QED) is 0.313. The molecule has 0 amide bonds. The second-order valence-corrected chi connectivity index (χ2v) is 9.72. The van der Waals surface area contributed by atoms with E-state index in [1.807, 2.05) is 30.3 Å². The van der Waals surface area contributed by atoms with Crippen LogP contribution in [0.2, 0.25) is 5.02 Å². The van der Waals surface area contributed by atoms with Crippen molar-refractivity contribution in [3.05, 3.63) is 64.2 Å². The van der Waals surface area contributed by atoms with Crippen molar-refractivity contribution in [1.82, 2.24) is 5.32 Å². The number of nitrogens with one attached hydrogen (secondary N) is 1. The zero-order valence-electron chi connectivity index (χ0n) is 20.3. The number of aliphatic hydroxyl groups excluding tert-OH is 3. The zero-order chi connectivity index (χ0) is 25.8. The first-order valence-corrected chi connectivity index (χ1v) is 12.4. The van der Waals surface area contributed by atoms with E-state index < -0.39 is 42.5 Å². The molecular weight excluding hydrogens is 525 g/mol. The van der Waals surface area contributed by atoms with Gasteiger partial charge in [-0.2, -0.15) is 0 Å². The van der Waals surface area contributed by atoms with Crippen LogP contribution in [-0.4, -0.2) is 82.7 Å². The van der Waals surface area contributed by atoms with Crippen LogP contribution in [0.15, 0.2) is 42.5 Å². The first-order chi connectivity index (χ1) is 17.2. The van der Waals surface area contributed by atoms with Gasteiger partial charge in [0.1, 0.15) is 42.3 Å². The number of halogens is 2. The number of hydrogen-bond acceptors (Lipinski definition) is 8. The van der Waals surface area contributed by atoms with Crippen LogP contribution >= 0.6 is 24.0 Å². The molecule has 0 radical (unpaired) electrons. The summed E-state index contributed by atoms with van der Waals surface area (Å²) >= 11 is 6.46. The molecule has 5 N–H and O–H groups in total. The first kappa shape index (κ1) is 29.6. The Morgan fingerprint density at radius 3 is 2.51 bits per heavy atom. The normalized spacial score (nSPS) is 28.4. The molecule has 2 saturated heterocycles. The second-order valence-electron chi connectivity index (χ2n) is 9.31. The third-order valence-electron chi connectivity index (χ3n) is 6.61. The Morgan fingerprint density at radius 1 is 1.14 bits per heavy atom. The highest BCUT2D eigenvalue weighted by Crippen LogP contribution is 2.34. The Balaban J connectivity index is 0.00000380. The van der Waals surface area contributed by atoms with Crippen LogP contribution < -0.4 is 10.1 Å². The summed E-state index contributed by atoms with van der Waals surface area (Å²) in [5.41, 5.74) is 2.40. The minimum absolute atomic E-state index is 0. The molecule has 0 spiro atoms. The van der Waals surface area contributed by atoms with Crippen LogP contribution in [-0.2, 0) is 20.7 Å². The van der Waals surface area contributed by atoms with Crippen LogP contribution in [0.25, 0.3) is 0 Å². The lowest BCUT2D eigenvalue weighted by atomic mass is 9.90. The molecule has 0 bridgehead atoms. The van der Waals surface area contributed by atoms with Gasteiger partial charge in [-0.15, -0.1) is 12.4 Å². The molecule has 0 saturated carbocycles. The van der Waals surface area contributed by atoms with Crippen molar-refractivity contribution in [3.63, 3.8) is 0 Å². The largest absolute Gasteiger partial charge is 0.488 e. The summed E-state index contributed by atoms with van der Waals surface area (Å²) in [5.74, 6) is -0.274. The summed E-state index contributed by atoms with van der Waals surface area (Å²) in [5, 5.41) is 43.8. The number of carboxylic acid groups (broad SMARTS) is 1. The summed E-state index contributed by atoms with van der Waals surface area (Å²) in [6, 6.07) is 12.1. The molecule has 2 heterocycles. The Labute approximate surface area is 226 Å². The van der Waals surface area contributed by atoms with Crippen LogP contribution in [0.1, 0.15) is 36.1 Å². The average molecular weight is 558 g/mol. The number of aliphatic hydroxyl groups is 3. The van der Waals surface area contributed by atoms with Gasteiger partial charge in [-0.1, -0.05) is 35.9 Å². The Bertz CT molecular complexity index is 1030. The van der Waals surface area contributed by atoms with Crippen LogP contribution in [0.3, 0.4) is 0 Å². The molecule has 9 nitrogen and oxygen atoms in total. The van der Waals surface area contributed by atoms with Gasteiger partial charge in [0.15, 0.2) is 0 Å². The number of hydrogen-bond donors (Lipinski definition) is 5. The fourth-order valence-corrected chi connectivity index (χ4v) is 4.57. The minimum Gasteiger partial charge on any atom is -0.488 e. The van der Waals surface area contributed by atoms with E-state index in [0.29, 0.717) is 30.2 Å². The highest BCUT2D eigenvalue weighted by Gasteiger charge is 2.44. The van der Waals surface area contributed by atoms with Gasteiger partial charge in [0.25, 0.3) is 0 Å². The maximum Gasteiger partial charge on any atom is 0.320 e. The van der Waals surface area contributed by atoms with Gasteiger partial charge in [0.05, 0.1) is 19.3 Å². The number of carbonyl (C=O) groups is 1. The molecule has 2 aliphatic heterocycles. The van der Waals surface area contributed by atoms with Gasteiger partial charge < -0.3 is 40.0 Å². The monoisotopic (exact) mass is 557 g/mol. The topological polar surface area (TPSA) is 138 Å². The summed E-state index contributed by atoms with van der Waals surface area (Å²) in [7, 11) is 0.